The molecular weight excluding hydrogens is 459 g/mol. The lowest BCUT2D eigenvalue weighted by atomic mass is 10.1. The van der Waals surface area contributed by atoms with Gasteiger partial charge in [-0.1, -0.05) is 30.3 Å². The topological polar surface area (TPSA) is 93.2 Å². The van der Waals surface area contributed by atoms with E-state index in [1.165, 1.54) is 24.5 Å². The van der Waals surface area contributed by atoms with Gasteiger partial charge in [-0.15, -0.1) is 0 Å². The summed E-state index contributed by atoms with van der Waals surface area (Å²) in [6.07, 6.45) is 2.49. The molecule has 0 saturated heterocycles. The first-order valence-electron chi connectivity index (χ1n) is 10.1. The summed E-state index contributed by atoms with van der Waals surface area (Å²) in [6, 6.07) is 15.7. The highest BCUT2D eigenvalue weighted by molar-refractivity contribution is 6.32. The van der Waals surface area contributed by atoms with Gasteiger partial charge in [0.05, 0.1) is 10.5 Å². The summed E-state index contributed by atoms with van der Waals surface area (Å²) in [5.74, 6) is -0.535. The number of hydrogen-bond donors (Lipinski definition) is 2. The van der Waals surface area contributed by atoms with E-state index in [2.05, 4.69) is 27.2 Å². The Hall–Kier alpha value is -4.30. The number of anilines is 2. The number of carbonyl (C=O) groups excluding carboxylic acids is 2. The van der Waals surface area contributed by atoms with Crippen LogP contribution in [0.4, 0.5) is 15.9 Å². The fourth-order valence-corrected chi connectivity index (χ4v) is 3.39. The summed E-state index contributed by atoms with van der Waals surface area (Å²) in [5.41, 5.74) is 2.02. The van der Waals surface area contributed by atoms with E-state index in [0.717, 1.165) is 6.08 Å². The number of nitrogens with zero attached hydrogens (tertiary/aromatic N) is 2. The molecule has 0 atom stereocenters. The molecule has 170 valence electrons. The second kappa shape index (κ2) is 10.1. The van der Waals surface area contributed by atoms with Crippen LogP contribution in [0.2, 0.25) is 5.02 Å². The van der Waals surface area contributed by atoms with E-state index in [0.29, 0.717) is 27.9 Å². The number of fused-ring (bicyclic) bond motifs is 1. The Morgan fingerprint density at radius 2 is 1.91 bits per heavy atom. The van der Waals surface area contributed by atoms with Crippen LogP contribution in [-0.2, 0) is 11.4 Å². The third kappa shape index (κ3) is 5.36. The largest absolute Gasteiger partial charge is 0.487 e. The summed E-state index contributed by atoms with van der Waals surface area (Å²) < 4.78 is 19.0. The van der Waals surface area contributed by atoms with E-state index in [1.807, 2.05) is 0 Å². The van der Waals surface area contributed by atoms with Crippen molar-refractivity contribution in [3.8, 4) is 5.75 Å². The quantitative estimate of drug-likeness (QED) is 0.349. The van der Waals surface area contributed by atoms with Crippen molar-refractivity contribution in [3.63, 3.8) is 0 Å². The molecular formula is C25H18ClFN4O3. The normalized spacial score (nSPS) is 10.5. The number of amides is 2. The highest BCUT2D eigenvalue weighted by Crippen LogP contribution is 2.28. The monoisotopic (exact) mass is 476 g/mol. The molecule has 0 aliphatic rings. The Labute approximate surface area is 199 Å². The van der Waals surface area contributed by atoms with E-state index < -0.39 is 5.91 Å². The van der Waals surface area contributed by atoms with Gasteiger partial charge < -0.3 is 15.4 Å². The minimum Gasteiger partial charge on any atom is -0.487 e. The number of carbonyl (C=O) groups is 2. The van der Waals surface area contributed by atoms with Gasteiger partial charge in [0.1, 0.15) is 30.3 Å². The first kappa shape index (κ1) is 22.9. The van der Waals surface area contributed by atoms with Crippen LogP contribution in [-0.4, -0.2) is 21.8 Å². The van der Waals surface area contributed by atoms with E-state index in [4.69, 9.17) is 16.3 Å². The van der Waals surface area contributed by atoms with Crippen LogP contribution in [0.25, 0.3) is 10.9 Å². The third-order valence-corrected chi connectivity index (χ3v) is 5.09. The van der Waals surface area contributed by atoms with Crippen LogP contribution in [0.15, 0.2) is 79.6 Å². The molecule has 0 spiro atoms. The zero-order valence-corrected chi connectivity index (χ0v) is 18.5. The van der Waals surface area contributed by atoms with Crippen molar-refractivity contribution in [3.05, 3.63) is 102 Å². The number of nitrogens with one attached hydrogen (secondary N) is 2. The molecule has 0 fully saturated rings. The minimum atomic E-state index is -0.445. The minimum absolute atomic E-state index is 0.126. The molecule has 34 heavy (non-hydrogen) atoms. The Morgan fingerprint density at radius 3 is 2.68 bits per heavy atom. The summed E-state index contributed by atoms with van der Waals surface area (Å²) in [4.78, 5) is 32.8. The maximum atomic E-state index is 13.3. The number of halogens is 2. The average molecular weight is 477 g/mol. The molecule has 0 radical (unpaired) electrons. The SMILES string of the molecule is C=CC(=O)Nc1ccc2ncnc(NC(=O)c3ccc(OCc4cccc(F)c4)c(Cl)c3)c2c1. The highest BCUT2D eigenvalue weighted by atomic mass is 35.5. The molecule has 0 bridgehead atoms. The zero-order valence-electron chi connectivity index (χ0n) is 17.7. The number of aromatic nitrogens is 2. The first-order chi connectivity index (χ1) is 16.4. The van der Waals surface area contributed by atoms with E-state index in [9.17, 15) is 14.0 Å². The van der Waals surface area contributed by atoms with Crippen LogP contribution in [0.1, 0.15) is 15.9 Å². The second-order valence-electron chi connectivity index (χ2n) is 7.17. The van der Waals surface area contributed by atoms with Crippen molar-refractivity contribution in [1.82, 2.24) is 9.97 Å². The molecule has 1 heterocycles. The molecule has 4 rings (SSSR count). The summed E-state index contributed by atoms with van der Waals surface area (Å²) in [5, 5.41) is 6.17. The van der Waals surface area contributed by atoms with Crippen molar-refractivity contribution in [2.75, 3.05) is 10.6 Å². The first-order valence-corrected chi connectivity index (χ1v) is 10.5. The predicted octanol–water partition coefficient (Wildman–Crippen LogP) is 5.38. The summed E-state index contributed by atoms with van der Waals surface area (Å²) in [6.45, 7) is 3.55. The number of benzene rings is 3. The fraction of sp³-hybridized carbons (Fsp3) is 0.0400. The standard InChI is InChI=1S/C25H18ClFN4O3/c1-2-23(32)30-18-7-8-21-19(12-18)24(29-14-28-21)31-25(33)16-6-9-22(20(26)11-16)34-13-15-4-3-5-17(27)10-15/h2-12,14H,1,13H2,(H,30,32)(H,28,29,31,33). The molecule has 2 N–H and O–H groups in total. The zero-order chi connectivity index (χ0) is 24.1. The lowest BCUT2D eigenvalue weighted by molar-refractivity contribution is -0.111. The van der Waals surface area contributed by atoms with Crippen LogP contribution in [0, 0.1) is 5.82 Å². The Bertz CT molecular complexity index is 1410. The van der Waals surface area contributed by atoms with E-state index in [-0.39, 0.29) is 34.7 Å². The van der Waals surface area contributed by atoms with Crippen molar-refractivity contribution < 1.29 is 18.7 Å². The molecule has 0 unspecified atom stereocenters. The van der Waals surface area contributed by atoms with Gasteiger partial charge in [-0.3, -0.25) is 9.59 Å². The third-order valence-electron chi connectivity index (χ3n) is 4.80. The Kier molecular flexibility index (Phi) is 6.79. The average Bonchev–Trinajstić information content (AvgIpc) is 2.83. The smallest absolute Gasteiger partial charge is 0.256 e. The Balaban J connectivity index is 1.51. The summed E-state index contributed by atoms with van der Waals surface area (Å²) >= 11 is 6.30. The van der Waals surface area contributed by atoms with Crippen LogP contribution in [0.5, 0.6) is 5.75 Å². The number of ether oxygens (including phenoxy) is 1. The van der Waals surface area contributed by atoms with Gasteiger partial charge >= 0.3 is 0 Å². The van der Waals surface area contributed by atoms with Gasteiger partial charge in [0.2, 0.25) is 5.91 Å². The van der Waals surface area contributed by atoms with Gasteiger partial charge in [0.25, 0.3) is 5.91 Å². The molecule has 4 aromatic rings. The lowest BCUT2D eigenvalue weighted by Crippen LogP contribution is -2.14. The van der Waals surface area contributed by atoms with E-state index >= 15 is 0 Å². The second-order valence-corrected chi connectivity index (χ2v) is 7.57. The number of hydrogen-bond acceptors (Lipinski definition) is 5. The van der Waals surface area contributed by atoms with Gasteiger partial charge in [-0.05, 0) is 60.2 Å². The van der Waals surface area contributed by atoms with Gasteiger partial charge in [-0.25, -0.2) is 14.4 Å². The molecule has 1 aromatic heterocycles. The molecule has 2 amide bonds. The maximum Gasteiger partial charge on any atom is 0.256 e. The van der Waals surface area contributed by atoms with Gasteiger partial charge in [0.15, 0.2) is 0 Å². The fourth-order valence-electron chi connectivity index (χ4n) is 3.15. The highest BCUT2D eigenvalue weighted by Gasteiger charge is 2.13. The van der Waals surface area contributed by atoms with Crippen molar-refractivity contribution in [2.45, 2.75) is 6.61 Å². The van der Waals surface area contributed by atoms with Crippen molar-refractivity contribution >= 4 is 45.8 Å². The maximum absolute atomic E-state index is 13.3. The molecule has 0 aliphatic carbocycles. The molecule has 0 aliphatic heterocycles. The van der Waals surface area contributed by atoms with Crippen LogP contribution in [0.3, 0.4) is 0 Å². The lowest BCUT2D eigenvalue weighted by Gasteiger charge is -2.11. The Morgan fingerprint density at radius 1 is 1.06 bits per heavy atom. The molecule has 0 saturated carbocycles. The van der Waals surface area contributed by atoms with Crippen LogP contribution < -0.4 is 15.4 Å². The van der Waals surface area contributed by atoms with E-state index in [1.54, 1.807) is 42.5 Å². The predicted molar refractivity (Wildman–Crippen MR) is 129 cm³/mol. The van der Waals surface area contributed by atoms with Crippen molar-refractivity contribution in [2.24, 2.45) is 0 Å². The molecule has 9 heteroatoms. The molecule has 3 aromatic carbocycles. The number of rotatable bonds is 7. The van der Waals surface area contributed by atoms with Gasteiger partial charge in [-0.2, -0.15) is 0 Å². The summed E-state index contributed by atoms with van der Waals surface area (Å²) in [7, 11) is 0. The van der Waals surface area contributed by atoms with Gasteiger partial charge in [0, 0.05) is 16.6 Å². The molecule has 7 nitrogen and oxygen atoms in total. The van der Waals surface area contributed by atoms with Crippen LogP contribution >= 0.6 is 11.6 Å². The van der Waals surface area contributed by atoms with Crippen molar-refractivity contribution in [1.29, 1.82) is 0 Å².